The first kappa shape index (κ1) is 24.0. The highest BCUT2D eigenvalue weighted by Crippen LogP contribution is 2.19. The van der Waals surface area contributed by atoms with Gasteiger partial charge in [0.05, 0.1) is 6.54 Å². The molecule has 0 amide bonds. The number of hydrogen-bond acceptors (Lipinski definition) is 3. The summed E-state index contributed by atoms with van der Waals surface area (Å²) in [6.45, 7) is 8.59. The number of hydrogen-bond donors (Lipinski definition) is 1. The summed E-state index contributed by atoms with van der Waals surface area (Å²) in [5, 5.41) is 3.38. The summed E-state index contributed by atoms with van der Waals surface area (Å²) in [5.41, 5.74) is 1.34. The number of benzene rings is 1. The van der Waals surface area contributed by atoms with Crippen molar-refractivity contribution in [2.75, 3.05) is 47.0 Å². The Morgan fingerprint density at radius 3 is 2.52 bits per heavy atom. The van der Waals surface area contributed by atoms with Crippen molar-refractivity contribution in [3.63, 3.8) is 0 Å². The van der Waals surface area contributed by atoms with Gasteiger partial charge in [-0.05, 0) is 48.8 Å². The van der Waals surface area contributed by atoms with E-state index in [0.717, 1.165) is 43.9 Å². The van der Waals surface area contributed by atoms with Gasteiger partial charge in [0.25, 0.3) is 0 Å². The average molecular weight is 489 g/mol. The molecular weight excluding hydrogens is 453 g/mol. The van der Waals surface area contributed by atoms with Crippen LogP contribution in [-0.4, -0.2) is 57.9 Å². The minimum Gasteiger partial charge on any atom is -0.492 e. The Morgan fingerprint density at radius 1 is 1.26 bits per heavy atom. The standard InChI is InChI=1S/C21H35N3O2.HI/c1-17(2)19-5-7-20(8-6-19)26-16-12-23-21(22-3)24(4)13-9-18-10-14-25-15-11-18;/h5-8,17-18H,9-16H2,1-4H3,(H,22,23);1H. The summed E-state index contributed by atoms with van der Waals surface area (Å²) in [6, 6.07) is 8.36. The molecule has 0 atom stereocenters. The highest BCUT2D eigenvalue weighted by molar-refractivity contribution is 14.0. The van der Waals surface area contributed by atoms with E-state index >= 15 is 0 Å². The van der Waals surface area contributed by atoms with Crippen LogP contribution in [0.1, 0.15) is 44.6 Å². The molecule has 0 unspecified atom stereocenters. The van der Waals surface area contributed by atoms with Gasteiger partial charge in [-0.2, -0.15) is 0 Å². The molecule has 0 spiro atoms. The third-order valence-corrected chi connectivity index (χ3v) is 4.99. The van der Waals surface area contributed by atoms with E-state index in [2.05, 4.69) is 48.2 Å². The second kappa shape index (κ2) is 13.2. The molecule has 1 aliphatic rings. The third kappa shape index (κ3) is 8.68. The number of guanidine groups is 1. The second-order valence-electron chi connectivity index (χ2n) is 7.31. The zero-order chi connectivity index (χ0) is 18.8. The lowest BCUT2D eigenvalue weighted by Crippen LogP contribution is -2.41. The Hall–Kier alpha value is -1.02. The number of nitrogens with one attached hydrogen (secondary N) is 1. The largest absolute Gasteiger partial charge is 0.492 e. The Balaban J connectivity index is 0.00000364. The number of nitrogens with zero attached hydrogens (tertiary/aromatic N) is 2. The molecule has 0 radical (unpaired) electrons. The fourth-order valence-electron chi connectivity index (χ4n) is 3.18. The van der Waals surface area contributed by atoms with E-state index in [1.807, 2.05) is 19.2 Å². The summed E-state index contributed by atoms with van der Waals surface area (Å²) < 4.78 is 11.3. The van der Waals surface area contributed by atoms with Crippen LogP contribution in [0.25, 0.3) is 0 Å². The van der Waals surface area contributed by atoms with Crippen molar-refractivity contribution < 1.29 is 9.47 Å². The van der Waals surface area contributed by atoms with Crippen LogP contribution in [-0.2, 0) is 4.74 Å². The third-order valence-electron chi connectivity index (χ3n) is 4.99. The molecule has 1 fully saturated rings. The molecule has 0 aromatic heterocycles. The summed E-state index contributed by atoms with van der Waals surface area (Å²) in [4.78, 5) is 6.58. The molecule has 1 N–H and O–H groups in total. The molecule has 1 aliphatic heterocycles. The van der Waals surface area contributed by atoms with E-state index < -0.39 is 0 Å². The zero-order valence-electron chi connectivity index (χ0n) is 17.2. The van der Waals surface area contributed by atoms with Gasteiger partial charge in [0.1, 0.15) is 12.4 Å². The van der Waals surface area contributed by atoms with Gasteiger partial charge in [-0.3, -0.25) is 4.99 Å². The molecule has 154 valence electrons. The minimum absolute atomic E-state index is 0. The van der Waals surface area contributed by atoms with Gasteiger partial charge in [0, 0.05) is 33.9 Å². The first-order valence-corrected chi connectivity index (χ1v) is 9.82. The molecule has 1 aromatic carbocycles. The van der Waals surface area contributed by atoms with E-state index in [1.165, 1.54) is 24.8 Å². The summed E-state index contributed by atoms with van der Waals surface area (Å²) in [6.07, 6.45) is 3.56. The number of ether oxygens (including phenoxy) is 2. The fourth-order valence-corrected chi connectivity index (χ4v) is 3.18. The van der Waals surface area contributed by atoms with Crippen LogP contribution in [0.15, 0.2) is 29.3 Å². The van der Waals surface area contributed by atoms with Crippen LogP contribution in [0.2, 0.25) is 0 Å². The first-order chi connectivity index (χ1) is 12.6. The molecule has 27 heavy (non-hydrogen) atoms. The van der Waals surface area contributed by atoms with Gasteiger partial charge in [0.2, 0.25) is 0 Å². The number of halogens is 1. The molecule has 1 saturated heterocycles. The van der Waals surface area contributed by atoms with E-state index in [1.54, 1.807) is 0 Å². The molecule has 6 heteroatoms. The molecule has 1 aromatic rings. The van der Waals surface area contributed by atoms with Gasteiger partial charge in [-0.1, -0.05) is 26.0 Å². The van der Waals surface area contributed by atoms with Gasteiger partial charge in [-0.25, -0.2) is 0 Å². The molecule has 0 saturated carbocycles. The first-order valence-electron chi connectivity index (χ1n) is 9.82. The SMILES string of the molecule is CN=C(NCCOc1ccc(C(C)C)cc1)N(C)CCC1CCOCC1.I. The fraction of sp³-hybridized carbons (Fsp3) is 0.667. The molecule has 1 heterocycles. The molecular formula is C21H36IN3O2. The summed E-state index contributed by atoms with van der Waals surface area (Å²) >= 11 is 0. The topological polar surface area (TPSA) is 46.1 Å². The van der Waals surface area contributed by atoms with Crippen LogP contribution >= 0.6 is 24.0 Å². The quantitative estimate of drug-likeness (QED) is 0.258. The van der Waals surface area contributed by atoms with Crippen molar-refractivity contribution in [3.05, 3.63) is 29.8 Å². The van der Waals surface area contributed by atoms with Crippen LogP contribution < -0.4 is 10.1 Å². The lowest BCUT2D eigenvalue weighted by molar-refractivity contribution is 0.0625. The van der Waals surface area contributed by atoms with Crippen molar-refractivity contribution in [2.24, 2.45) is 10.9 Å². The molecule has 2 rings (SSSR count). The smallest absolute Gasteiger partial charge is 0.193 e. The normalized spacial score (nSPS) is 15.4. The molecule has 5 nitrogen and oxygen atoms in total. The van der Waals surface area contributed by atoms with Crippen molar-refractivity contribution in [1.82, 2.24) is 10.2 Å². The van der Waals surface area contributed by atoms with Gasteiger partial charge in [-0.15, -0.1) is 24.0 Å². The van der Waals surface area contributed by atoms with Gasteiger partial charge in [0.15, 0.2) is 5.96 Å². The van der Waals surface area contributed by atoms with E-state index in [9.17, 15) is 0 Å². The predicted octanol–water partition coefficient (Wildman–Crippen LogP) is 4.13. The predicted molar refractivity (Wildman–Crippen MR) is 124 cm³/mol. The Morgan fingerprint density at radius 2 is 1.93 bits per heavy atom. The van der Waals surface area contributed by atoms with Crippen molar-refractivity contribution in [1.29, 1.82) is 0 Å². The average Bonchev–Trinajstić information content (AvgIpc) is 2.67. The monoisotopic (exact) mass is 489 g/mol. The van der Waals surface area contributed by atoms with Gasteiger partial charge >= 0.3 is 0 Å². The second-order valence-corrected chi connectivity index (χ2v) is 7.31. The highest BCUT2D eigenvalue weighted by atomic mass is 127. The van der Waals surface area contributed by atoms with E-state index in [-0.39, 0.29) is 24.0 Å². The Bertz CT molecular complexity index is 543. The summed E-state index contributed by atoms with van der Waals surface area (Å²) in [7, 11) is 3.93. The van der Waals surface area contributed by atoms with Crippen LogP contribution in [0.5, 0.6) is 5.75 Å². The van der Waals surface area contributed by atoms with Crippen molar-refractivity contribution in [3.8, 4) is 5.75 Å². The summed E-state index contributed by atoms with van der Waals surface area (Å²) in [5.74, 6) is 3.17. The van der Waals surface area contributed by atoms with Crippen LogP contribution in [0, 0.1) is 5.92 Å². The van der Waals surface area contributed by atoms with Gasteiger partial charge < -0.3 is 19.7 Å². The highest BCUT2D eigenvalue weighted by Gasteiger charge is 2.15. The van der Waals surface area contributed by atoms with E-state index in [0.29, 0.717) is 12.5 Å². The maximum Gasteiger partial charge on any atom is 0.193 e. The number of rotatable bonds is 8. The lowest BCUT2D eigenvalue weighted by Gasteiger charge is -2.26. The zero-order valence-corrected chi connectivity index (χ0v) is 19.6. The lowest BCUT2D eigenvalue weighted by atomic mass is 9.96. The minimum atomic E-state index is 0. The number of aliphatic imine (C=N–C) groups is 1. The maximum atomic E-state index is 5.82. The van der Waals surface area contributed by atoms with Crippen LogP contribution in [0.3, 0.4) is 0 Å². The Labute approximate surface area is 181 Å². The van der Waals surface area contributed by atoms with Crippen molar-refractivity contribution in [2.45, 2.75) is 39.0 Å². The van der Waals surface area contributed by atoms with Crippen molar-refractivity contribution >= 4 is 29.9 Å². The molecule has 0 bridgehead atoms. The van der Waals surface area contributed by atoms with E-state index in [4.69, 9.17) is 9.47 Å². The maximum absolute atomic E-state index is 5.82. The molecule has 0 aliphatic carbocycles. The van der Waals surface area contributed by atoms with Crippen LogP contribution in [0.4, 0.5) is 0 Å². The Kier molecular flexibility index (Phi) is 11.7.